The highest BCUT2D eigenvalue weighted by Gasteiger charge is 2.23. The van der Waals surface area contributed by atoms with E-state index in [1.165, 1.54) is 0 Å². The minimum atomic E-state index is -0.148. The van der Waals surface area contributed by atoms with Gasteiger partial charge in [-0.2, -0.15) is 0 Å². The molecule has 0 radical (unpaired) electrons. The van der Waals surface area contributed by atoms with E-state index >= 15 is 0 Å². The molecule has 2 amide bonds. The Labute approximate surface area is 160 Å². The molecule has 27 heavy (non-hydrogen) atoms. The molecule has 1 aromatic heterocycles. The van der Waals surface area contributed by atoms with Crippen molar-refractivity contribution in [3.05, 3.63) is 47.4 Å². The number of nitrogens with one attached hydrogen (secondary N) is 2. The predicted molar refractivity (Wildman–Crippen MR) is 103 cm³/mol. The van der Waals surface area contributed by atoms with Gasteiger partial charge < -0.3 is 24.5 Å². The smallest absolute Gasteiger partial charge is 0.315 e. The summed E-state index contributed by atoms with van der Waals surface area (Å²) in [5.74, 6) is 2.49. The van der Waals surface area contributed by atoms with Crippen LogP contribution in [-0.2, 0) is 12.8 Å². The van der Waals surface area contributed by atoms with Crippen molar-refractivity contribution in [3.63, 3.8) is 0 Å². The van der Waals surface area contributed by atoms with E-state index in [0.717, 1.165) is 54.1 Å². The fourth-order valence-corrected chi connectivity index (χ4v) is 3.42. The zero-order valence-corrected chi connectivity index (χ0v) is 16.0. The molecular weight excluding hydrogens is 344 g/mol. The van der Waals surface area contributed by atoms with Crippen LogP contribution in [0.15, 0.2) is 34.9 Å². The molecule has 6 heteroatoms. The van der Waals surface area contributed by atoms with E-state index in [0.29, 0.717) is 19.8 Å². The van der Waals surface area contributed by atoms with Crippen LogP contribution in [0.1, 0.15) is 49.6 Å². The summed E-state index contributed by atoms with van der Waals surface area (Å²) in [6.07, 6.45) is 5.34. The molecule has 3 rings (SSSR count). The third-order valence-electron chi connectivity index (χ3n) is 4.66. The zero-order chi connectivity index (χ0) is 19.1. The maximum atomic E-state index is 12.2. The van der Waals surface area contributed by atoms with Crippen molar-refractivity contribution in [1.82, 2.24) is 10.6 Å². The Balaban J connectivity index is 1.50. The summed E-state index contributed by atoms with van der Waals surface area (Å²) < 4.78 is 16.7. The molecule has 2 aromatic rings. The van der Waals surface area contributed by atoms with E-state index < -0.39 is 0 Å². The van der Waals surface area contributed by atoms with Gasteiger partial charge in [-0.3, -0.25) is 0 Å². The topological polar surface area (TPSA) is 72.7 Å². The minimum Gasteiger partial charge on any atom is -0.490 e. The van der Waals surface area contributed by atoms with Gasteiger partial charge in [0.15, 0.2) is 11.5 Å². The van der Waals surface area contributed by atoms with Gasteiger partial charge in [0.2, 0.25) is 0 Å². The van der Waals surface area contributed by atoms with E-state index in [-0.39, 0.29) is 12.1 Å². The van der Waals surface area contributed by atoms with E-state index in [1.807, 2.05) is 38.1 Å². The molecular formula is C21H28N2O4. The Morgan fingerprint density at radius 1 is 1.19 bits per heavy atom. The van der Waals surface area contributed by atoms with Gasteiger partial charge in [0.25, 0.3) is 0 Å². The second-order valence-electron chi connectivity index (χ2n) is 6.54. The van der Waals surface area contributed by atoms with E-state index in [1.54, 1.807) is 6.26 Å². The first-order chi connectivity index (χ1) is 13.2. The van der Waals surface area contributed by atoms with E-state index in [9.17, 15) is 4.79 Å². The quantitative estimate of drug-likeness (QED) is 0.735. The van der Waals surface area contributed by atoms with Crippen LogP contribution in [0.3, 0.4) is 0 Å². The number of hydrogen-bond acceptors (Lipinski definition) is 4. The van der Waals surface area contributed by atoms with Gasteiger partial charge in [-0.25, -0.2) is 4.79 Å². The highest BCUT2D eigenvalue weighted by Crippen LogP contribution is 2.30. The maximum Gasteiger partial charge on any atom is 0.315 e. The summed E-state index contributed by atoms with van der Waals surface area (Å²) in [4.78, 5) is 12.2. The Morgan fingerprint density at radius 2 is 2.00 bits per heavy atom. The number of hydrogen-bond donors (Lipinski definition) is 2. The molecule has 0 fully saturated rings. The van der Waals surface area contributed by atoms with E-state index in [2.05, 4.69) is 10.6 Å². The first-order valence-electron chi connectivity index (χ1n) is 9.70. The Morgan fingerprint density at radius 3 is 2.81 bits per heavy atom. The van der Waals surface area contributed by atoms with Gasteiger partial charge in [-0.1, -0.05) is 6.07 Å². The number of carbonyl (C=O) groups excluding carboxylic acids is 1. The number of benzene rings is 1. The second-order valence-corrected chi connectivity index (χ2v) is 6.54. The van der Waals surface area contributed by atoms with Crippen molar-refractivity contribution < 1.29 is 18.7 Å². The van der Waals surface area contributed by atoms with Crippen LogP contribution in [0.4, 0.5) is 4.79 Å². The number of amides is 2. The number of furan rings is 1. The van der Waals surface area contributed by atoms with Gasteiger partial charge >= 0.3 is 6.03 Å². The molecule has 2 N–H and O–H groups in total. The number of carbonyl (C=O) groups is 1. The normalized spacial score (nSPS) is 15.7. The first kappa shape index (κ1) is 19.1. The van der Waals surface area contributed by atoms with Gasteiger partial charge in [-0.05, 0) is 56.9 Å². The third kappa shape index (κ3) is 4.96. The molecule has 1 aliphatic rings. The molecule has 6 nitrogen and oxygen atoms in total. The first-order valence-corrected chi connectivity index (χ1v) is 9.70. The van der Waals surface area contributed by atoms with Crippen molar-refractivity contribution in [1.29, 1.82) is 0 Å². The van der Waals surface area contributed by atoms with Crippen molar-refractivity contribution in [2.75, 3.05) is 19.8 Å². The SMILES string of the molecule is CCOc1ccc(CCNC(=O)NC2CCCc3occc32)cc1OCC. The molecule has 1 atom stereocenters. The molecule has 0 saturated heterocycles. The summed E-state index contributed by atoms with van der Waals surface area (Å²) in [5, 5.41) is 5.99. The van der Waals surface area contributed by atoms with Gasteiger partial charge in [-0.15, -0.1) is 0 Å². The van der Waals surface area contributed by atoms with Crippen LogP contribution in [0.2, 0.25) is 0 Å². The summed E-state index contributed by atoms with van der Waals surface area (Å²) in [6.45, 7) is 5.63. The summed E-state index contributed by atoms with van der Waals surface area (Å²) in [6, 6.07) is 7.74. The van der Waals surface area contributed by atoms with Crippen molar-refractivity contribution in [2.24, 2.45) is 0 Å². The number of rotatable bonds is 8. The lowest BCUT2D eigenvalue weighted by molar-refractivity contribution is 0.235. The maximum absolute atomic E-state index is 12.2. The Bertz CT molecular complexity index is 756. The van der Waals surface area contributed by atoms with Crippen LogP contribution in [0.25, 0.3) is 0 Å². The van der Waals surface area contributed by atoms with Crippen LogP contribution < -0.4 is 20.1 Å². The Kier molecular flexibility index (Phi) is 6.63. The second kappa shape index (κ2) is 9.35. The Hall–Kier alpha value is -2.63. The lowest BCUT2D eigenvalue weighted by atomic mass is 9.93. The molecule has 0 saturated carbocycles. The van der Waals surface area contributed by atoms with Gasteiger partial charge in [0.1, 0.15) is 5.76 Å². The van der Waals surface area contributed by atoms with Crippen LogP contribution in [0, 0.1) is 0 Å². The van der Waals surface area contributed by atoms with Crippen LogP contribution in [0.5, 0.6) is 11.5 Å². The summed E-state index contributed by atoms with van der Waals surface area (Å²) >= 11 is 0. The zero-order valence-electron chi connectivity index (χ0n) is 16.0. The van der Waals surface area contributed by atoms with Crippen LogP contribution >= 0.6 is 0 Å². The van der Waals surface area contributed by atoms with Crippen molar-refractivity contribution in [3.8, 4) is 11.5 Å². The molecule has 1 aliphatic carbocycles. The fraction of sp³-hybridized carbons (Fsp3) is 0.476. The van der Waals surface area contributed by atoms with Crippen molar-refractivity contribution in [2.45, 2.75) is 45.6 Å². The molecule has 146 valence electrons. The van der Waals surface area contributed by atoms with Crippen LogP contribution in [-0.4, -0.2) is 25.8 Å². The standard InChI is InChI=1S/C21H28N2O4/c1-3-25-19-9-8-15(14-20(19)26-4-2)10-12-22-21(24)23-17-6-5-7-18-16(17)11-13-27-18/h8-9,11,13-14,17H,3-7,10,12H2,1-2H3,(H2,22,23,24). The highest BCUT2D eigenvalue weighted by atomic mass is 16.5. The third-order valence-corrected chi connectivity index (χ3v) is 4.66. The van der Waals surface area contributed by atoms with Gasteiger partial charge in [0, 0.05) is 18.5 Å². The average molecular weight is 372 g/mol. The lowest BCUT2D eigenvalue weighted by Crippen LogP contribution is -2.39. The van der Waals surface area contributed by atoms with Crippen molar-refractivity contribution >= 4 is 6.03 Å². The fourth-order valence-electron chi connectivity index (χ4n) is 3.42. The molecule has 0 aliphatic heterocycles. The molecule has 1 aromatic carbocycles. The monoisotopic (exact) mass is 372 g/mol. The molecule has 1 heterocycles. The molecule has 0 bridgehead atoms. The largest absolute Gasteiger partial charge is 0.490 e. The molecule has 0 spiro atoms. The minimum absolute atomic E-state index is 0.0301. The van der Waals surface area contributed by atoms with Gasteiger partial charge in [0.05, 0.1) is 25.5 Å². The average Bonchev–Trinajstić information content (AvgIpc) is 3.14. The van der Waals surface area contributed by atoms with E-state index in [4.69, 9.17) is 13.9 Å². The summed E-state index contributed by atoms with van der Waals surface area (Å²) in [5.41, 5.74) is 2.20. The highest BCUT2D eigenvalue weighted by molar-refractivity contribution is 5.74. The number of aryl methyl sites for hydroxylation is 1. The number of urea groups is 1. The molecule has 1 unspecified atom stereocenters. The number of fused-ring (bicyclic) bond motifs is 1. The predicted octanol–water partition coefficient (Wildman–Crippen LogP) is 4.00. The lowest BCUT2D eigenvalue weighted by Gasteiger charge is -2.22. The number of ether oxygens (including phenoxy) is 2. The summed E-state index contributed by atoms with van der Waals surface area (Å²) in [7, 11) is 0.